The average molecular weight is 360 g/mol. The summed E-state index contributed by atoms with van der Waals surface area (Å²) in [5.41, 5.74) is 0.989. The summed E-state index contributed by atoms with van der Waals surface area (Å²) in [6, 6.07) is 13.8. The fraction of sp³-hybridized carbons (Fsp3) is 0.300. The lowest BCUT2D eigenvalue weighted by Gasteiger charge is -2.22. The summed E-state index contributed by atoms with van der Waals surface area (Å²) in [5.74, 6) is -0.226. The average Bonchev–Trinajstić information content (AvgIpc) is 2.61. The first kappa shape index (κ1) is 19.5. The van der Waals surface area contributed by atoms with Crippen LogP contribution in [0.5, 0.6) is 0 Å². The van der Waals surface area contributed by atoms with E-state index in [2.05, 4.69) is 0 Å². The second-order valence-corrected chi connectivity index (χ2v) is 6.00. The molecule has 0 aliphatic heterocycles. The zero-order valence-corrected chi connectivity index (χ0v) is 14.4. The zero-order valence-electron chi connectivity index (χ0n) is 14.4. The smallest absolute Gasteiger partial charge is 0.338 e. The molecule has 3 nitrogen and oxygen atoms in total. The molecule has 0 saturated carbocycles. The van der Waals surface area contributed by atoms with Gasteiger partial charge >= 0.3 is 6.18 Å². The second-order valence-electron chi connectivity index (χ2n) is 6.00. The normalized spacial score (nSPS) is 11.0. The van der Waals surface area contributed by atoms with E-state index in [1.165, 1.54) is 12.1 Å². The number of carbonyl (C=O) groups is 1. The Morgan fingerprint density at radius 1 is 1.12 bits per heavy atom. The highest BCUT2D eigenvalue weighted by Crippen LogP contribution is 2.29. The Labute approximate surface area is 150 Å². The summed E-state index contributed by atoms with van der Waals surface area (Å²) in [7, 11) is 0. The number of carbonyl (C=O) groups excluding carboxylic acids is 1. The van der Waals surface area contributed by atoms with Gasteiger partial charge in [0.2, 0.25) is 5.91 Å². The highest BCUT2D eigenvalue weighted by molar-refractivity contribution is 5.78. The maximum absolute atomic E-state index is 12.8. The van der Waals surface area contributed by atoms with E-state index in [0.29, 0.717) is 24.2 Å². The number of nitriles is 1. The molecule has 2 rings (SSSR count). The van der Waals surface area contributed by atoms with Crippen molar-refractivity contribution >= 4 is 5.91 Å². The summed E-state index contributed by atoms with van der Waals surface area (Å²) >= 11 is 0. The molecular weight excluding hydrogens is 341 g/mol. The van der Waals surface area contributed by atoms with Crippen molar-refractivity contribution in [1.29, 1.82) is 5.26 Å². The number of benzene rings is 2. The van der Waals surface area contributed by atoms with Crippen molar-refractivity contribution in [2.24, 2.45) is 0 Å². The van der Waals surface area contributed by atoms with Gasteiger partial charge in [-0.3, -0.25) is 4.79 Å². The maximum atomic E-state index is 12.8. The van der Waals surface area contributed by atoms with Crippen LogP contribution in [0.3, 0.4) is 0 Å². The number of alkyl halides is 3. The van der Waals surface area contributed by atoms with Gasteiger partial charge in [-0.25, -0.2) is 0 Å². The summed E-state index contributed by atoms with van der Waals surface area (Å²) in [4.78, 5) is 14.2. The predicted octanol–water partition coefficient (Wildman–Crippen LogP) is 4.56. The van der Waals surface area contributed by atoms with Crippen molar-refractivity contribution < 1.29 is 18.0 Å². The highest BCUT2D eigenvalue weighted by atomic mass is 19.4. The number of hydrogen-bond donors (Lipinski definition) is 0. The Morgan fingerprint density at radius 2 is 1.81 bits per heavy atom. The van der Waals surface area contributed by atoms with Gasteiger partial charge in [-0.15, -0.1) is 0 Å². The number of amides is 1. The van der Waals surface area contributed by atoms with Crippen LogP contribution in [-0.4, -0.2) is 17.4 Å². The van der Waals surface area contributed by atoms with Crippen LogP contribution in [-0.2, 0) is 23.9 Å². The van der Waals surface area contributed by atoms with Crippen LogP contribution in [0, 0.1) is 11.3 Å². The largest absolute Gasteiger partial charge is 0.416 e. The summed E-state index contributed by atoms with van der Waals surface area (Å²) in [5, 5.41) is 8.83. The molecule has 0 unspecified atom stereocenters. The van der Waals surface area contributed by atoms with E-state index in [0.717, 1.165) is 24.1 Å². The Balaban J connectivity index is 2.11. The molecule has 0 saturated heterocycles. The standard InChI is InChI=1S/C20H19F3N2O/c1-2-10-25(14-16-8-6-15(13-24)7-9-16)19(26)12-17-4-3-5-18(11-17)20(21,22)23/h3-9,11H,2,10,12,14H2,1H3. The molecule has 0 atom stereocenters. The van der Waals surface area contributed by atoms with Gasteiger partial charge in [0.15, 0.2) is 0 Å². The molecule has 26 heavy (non-hydrogen) atoms. The molecule has 2 aromatic carbocycles. The van der Waals surface area contributed by atoms with E-state index in [9.17, 15) is 18.0 Å². The number of nitrogens with zero attached hydrogens (tertiary/aromatic N) is 2. The fourth-order valence-corrected chi connectivity index (χ4v) is 2.61. The van der Waals surface area contributed by atoms with Crippen LogP contribution in [0.4, 0.5) is 13.2 Å². The summed E-state index contributed by atoms with van der Waals surface area (Å²) in [6.45, 7) is 2.80. The maximum Gasteiger partial charge on any atom is 0.416 e. The molecule has 0 bridgehead atoms. The lowest BCUT2D eigenvalue weighted by atomic mass is 10.1. The third kappa shape index (κ3) is 5.35. The van der Waals surface area contributed by atoms with Crippen LogP contribution in [0.1, 0.15) is 35.6 Å². The van der Waals surface area contributed by atoms with Gasteiger partial charge in [-0.2, -0.15) is 18.4 Å². The van der Waals surface area contributed by atoms with Gasteiger partial charge < -0.3 is 4.90 Å². The van der Waals surface area contributed by atoms with Crippen molar-refractivity contribution in [2.75, 3.05) is 6.54 Å². The SMILES string of the molecule is CCCN(Cc1ccc(C#N)cc1)C(=O)Cc1cccc(C(F)(F)F)c1. The Morgan fingerprint density at radius 3 is 2.38 bits per heavy atom. The lowest BCUT2D eigenvalue weighted by molar-refractivity contribution is -0.138. The van der Waals surface area contributed by atoms with E-state index in [1.54, 1.807) is 29.2 Å². The van der Waals surface area contributed by atoms with Crippen molar-refractivity contribution in [2.45, 2.75) is 32.5 Å². The molecular formula is C20H19F3N2O. The molecule has 2 aromatic rings. The molecule has 136 valence electrons. The van der Waals surface area contributed by atoms with E-state index >= 15 is 0 Å². The van der Waals surface area contributed by atoms with E-state index in [4.69, 9.17) is 5.26 Å². The van der Waals surface area contributed by atoms with Crippen molar-refractivity contribution in [3.05, 3.63) is 70.8 Å². The molecule has 0 aromatic heterocycles. The number of rotatable bonds is 6. The first-order valence-corrected chi connectivity index (χ1v) is 8.26. The first-order valence-electron chi connectivity index (χ1n) is 8.26. The van der Waals surface area contributed by atoms with Gasteiger partial charge in [0.05, 0.1) is 23.6 Å². The molecule has 0 radical (unpaired) electrons. The van der Waals surface area contributed by atoms with Crippen LogP contribution in [0.25, 0.3) is 0 Å². The third-order valence-electron chi connectivity index (χ3n) is 3.91. The quantitative estimate of drug-likeness (QED) is 0.758. The molecule has 6 heteroatoms. The van der Waals surface area contributed by atoms with Crippen LogP contribution >= 0.6 is 0 Å². The van der Waals surface area contributed by atoms with Crippen LogP contribution in [0.2, 0.25) is 0 Å². The lowest BCUT2D eigenvalue weighted by Crippen LogP contribution is -2.32. The molecule has 0 heterocycles. The minimum atomic E-state index is -4.43. The molecule has 0 aliphatic carbocycles. The topological polar surface area (TPSA) is 44.1 Å². The molecule has 0 spiro atoms. The Kier molecular flexibility index (Phi) is 6.40. The second kappa shape index (κ2) is 8.52. The minimum absolute atomic E-state index is 0.0831. The van der Waals surface area contributed by atoms with Crippen LogP contribution in [0.15, 0.2) is 48.5 Å². The summed E-state index contributed by atoms with van der Waals surface area (Å²) < 4.78 is 38.4. The molecule has 1 amide bonds. The van der Waals surface area contributed by atoms with Crippen molar-refractivity contribution in [3.8, 4) is 6.07 Å². The van der Waals surface area contributed by atoms with E-state index in [-0.39, 0.29) is 12.3 Å². The highest BCUT2D eigenvalue weighted by Gasteiger charge is 2.30. The van der Waals surface area contributed by atoms with Gasteiger partial charge in [-0.05, 0) is 35.7 Å². The molecule has 0 N–H and O–H groups in total. The Hall–Kier alpha value is -2.81. The van der Waals surface area contributed by atoms with Crippen LogP contribution < -0.4 is 0 Å². The van der Waals surface area contributed by atoms with Crippen molar-refractivity contribution in [1.82, 2.24) is 4.90 Å². The van der Waals surface area contributed by atoms with Gasteiger partial charge in [0.25, 0.3) is 0 Å². The van der Waals surface area contributed by atoms with Gasteiger partial charge in [0, 0.05) is 13.1 Å². The molecule has 0 aliphatic rings. The first-order chi connectivity index (χ1) is 12.3. The monoisotopic (exact) mass is 360 g/mol. The predicted molar refractivity (Wildman–Crippen MR) is 92.0 cm³/mol. The minimum Gasteiger partial charge on any atom is -0.338 e. The van der Waals surface area contributed by atoms with Crippen molar-refractivity contribution in [3.63, 3.8) is 0 Å². The van der Waals surface area contributed by atoms with E-state index in [1.807, 2.05) is 13.0 Å². The fourth-order valence-electron chi connectivity index (χ4n) is 2.61. The zero-order chi connectivity index (χ0) is 19.2. The Bertz CT molecular complexity index is 792. The number of hydrogen-bond acceptors (Lipinski definition) is 2. The molecule has 0 fully saturated rings. The summed E-state index contributed by atoms with van der Waals surface area (Å²) in [6.07, 6.45) is -3.77. The van der Waals surface area contributed by atoms with Gasteiger partial charge in [-0.1, -0.05) is 37.3 Å². The van der Waals surface area contributed by atoms with Gasteiger partial charge in [0.1, 0.15) is 0 Å². The van der Waals surface area contributed by atoms with E-state index < -0.39 is 11.7 Å². The number of halogens is 3. The third-order valence-corrected chi connectivity index (χ3v) is 3.91.